The van der Waals surface area contributed by atoms with Crippen molar-refractivity contribution in [3.05, 3.63) is 0 Å². The third kappa shape index (κ3) is 2.03. The molecule has 1 N–H and O–H groups in total. The number of hydrogen-bond donors (Lipinski definition) is 1. The lowest BCUT2D eigenvalue weighted by atomic mass is 9.78. The molecular formula is C12H22N2O. The lowest BCUT2D eigenvalue weighted by molar-refractivity contribution is -0.129. The van der Waals surface area contributed by atoms with Crippen molar-refractivity contribution < 1.29 is 4.79 Å². The highest BCUT2D eigenvalue weighted by Gasteiger charge is 2.44. The lowest BCUT2D eigenvalue weighted by Gasteiger charge is -2.34. The molecule has 0 aromatic heterocycles. The van der Waals surface area contributed by atoms with Crippen molar-refractivity contribution in [2.24, 2.45) is 5.41 Å². The molecule has 0 saturated carbocycles. The standard InChI is InChI=1S/C12H22N2O/c1-3-10(2)14-9-12(8-11(14)15)4-6-13-7-5-12/h10,13H,3-9H2,1-2H3. The SMILES string of the molecule is CCC(C)N1CC2(CCNCC2)CC1=O. The van der Waals surface area contributed by atoms with Gasteiger partial charge in [-0.3, -0.25) is 4.79 Å². The first-order valence-corrected chi connectivity index (χ1v) is 6.17. The van der Waals surface area contributed by atoms with E-state index >= 15 is 0 Å². The zero-order valence-corrected chi connectivity index (χ0v) is 9.88. The maximum absolute atomic E-state index is 12.0. The zero-order valence-electron chi connectivity index (χ0n) is 9.88. The van der Waals surface area contributed by atoms with Crippen LogP contribution in [0.25, 0.3) is 0 Å². The molecule has 0 radical (unpaired) electrons. The second-order valence-electron chi connectivity index (χ2n) is 5.21. The van der Waals surface area contributed by atoms with Crippen molar-refractivity contribution in [2.75, 3.05) is 19.6 Å². The van der Waals surface area contributed by atoms with Crippen LogP contribution in [0, 0.1) is 5.41 Å². The smallest absolute Gasteiger partial charge is 0.223 e. The van der Waals surface area contributed by atoms with Gasteiger partial charge < -0.3 is 10.2 Å². The molecule has 2 heterocycles. The van der Waals surface area contributed by atoms with Gasteiger partial charge in [0.1, 0.15) is 0 Å². The molecule has 0 bridgehead atoms. The van der Waals surface area contributed by atoms with Crippen LogP contribution in [0.15, 0.2) is 0 Å². The normalized spacial score (nSPS) is 27.3. The van der Waals surface area contributed by atoms with Gasteiger partial charge in [0.15, 0.2) is 0 Å². The molecule has 86 valence electrons. The van der Waals surface area contributed by atoms with E-state index in [0.29, 0.717) is 17.4 Å². The van der Waals surface area contributed by atoms with Crippen LogP contribution in [0.4, 0.5) is 0 Å². The third-order valence-electron chi connectivity index (χ3n) is 4.14. The van der Waals surface area contributed by atoms with Gasteiger partial charge in [-0.2, -0.15) is 0 Å². The van der Waals surface area contributed by atoms with Crippen LogP contribution >= 0.6 is 0 Å². The molecule has 2 fully saturated rings. The molecule has 1 amide bonds. The fourth-order valence-electron chi connectivity index (χ4n) is 2.84. The summed E-state index contributed by atoms with van der Waals surface area (Å²) in [4.78, 5) is 14.1. The van der Waals surface area contributed by atoms with Gasteiger partial charge in [0.25, 0.3) is 0 Å². The van der Waals surface area contributed by atoms with E-state index in [1.807, 2.05) is 0 Å². The number of amides is 1. The van der Waals surface area contributed by atoms with Crippen LogP contribution in [0.5, 0.6) is 0 Å². The second-order valence-corrected chi connectivity index (χ2v) is 5.21. The molecule has 15 heavy (non-hydrogen) atoms. The maximum Gasteiger partial charge on any atom is 0.223 e. The monoisotopic (exact) mass is 210 g/mol. The van der Waals surface area contributed by atoms with Gasteiger partial charge >= 0.3 is 0 Å². The average molecular weight is 210 g/mol. The molecule has 0 aromatic rings. The van der Waals surface area contributed by atoms with E-state index in [1.165, 1.54) is 12.8 Å². The minimum absolute atomic E-state index is 0.311. The predicted molar refractivity (Wildman–Crippen MR) is 60.6 cm³/mol. The summed E-state index contributed by atoms with van der Waals surface area (Å²) in [5, 5.41) is 3.38. The molecule has 3 heteroatoms. The van der Waals surface area contributed by atoms with Crippen LogP contribution in [-0.2, 0) is 4.79 Å². The number of nitrogens with one attached hydrogen (secondary N) is 1. The Bertz CT molecular complexity index is 246. The Balaban J connectivity index is 2.04. The molecule has 3 nitrogen and oxygen atoms in total. The number of piperidine rings is 1. The summed E-state index contributed by atoms with van der Waals surface area (Å²) >= 11 is 0. The molecule has 1 atom stereocenters. The van der Waals surface area contributed by atoms with E-state index in [-0.39, 0.29) is 0 Å². The molecule has 2 aliphatic heterocycles. The number of likely N-dealkylation sites (tertiary alicyclic amines) is 1. The summed E-state index contributed by atoms with van der Waals surface area (Å²) in [6, 6.07) is 0.423. The molecule has 1 spiro atoms. The Kier molecular flexibility index (Phi) is 3.01. The number of nitrogens with zero attached hydrogens (tertiary/aromatic N) is 1. The van der Waals surface area contributed by atoms with Gasteiger partial charge in [-0.15, -0.1) is 0 Å². The fourth-order valence-corrected chi connectivity index (χ4v) is 2.84. The van der Waals surface area contributed by atoms with Gasteiger partial charge in [0, 0.05) is 19.0 Å². The van der Waals surface area contributed by atoms with Crippen molar-refractivity contribution in [3.63, 3.8) is 0 Å². The van der Waals surface area contributed by atoms with Gasteiger partial charge in [0.2, 0.25) is 5.91 Å². The van der Waals surface area contributed by atoms with Gasteiger partial charge in [-0.05, 0) is 44.7 Å². The van der Waals surface area contributed by atoms with E-state index in [0.717, 1.165) is 32.5 Å². The number of rotatable bonds is 2. The maximum atomic E-state index is 12.0. The van der Waals surface area contributed by atoms with Crippen LogP contribution in [0.2, 0.25) is 0 Å². The number of carbonyl (C=O) groups excluding carboxylic acids is 1. The Hall–Kier alpha value is -0.570. The summed E-state index contributed by atoms with van der Waals surface area (Å²) in [6.07, 6.45) is 4.20. The Labute approximate surface area is 92.2 Å². The van der Waals surface area contributed by atoms with Crippen LogP contribution in [0.3, 0.4) is 0 Å². The van der Waals surface area contributed by atoms with Crippen molar-refractivity contribution in [3.8, 4) is 0 Å². The second kappa shape index (κ2) is 4.12. The largest absolute Gasteiger partial charge is 0.339 e. The molecule has 0 aliphatic carbocycles. The molecule has 2 rings (SSSR count). The van der Waals surface area contributed by atoms with Gasteiger partial charge in [-0.1, -0.05) is 6.92 Å². The first-order valence-electron chi connectivity index (χ1n) is 6.17. The number of hydrogen-bond acceptors (Lipinski definition) is 2. The topological polar surface area (TPSA) is 32.3 Å². The van der Waals surface area contributed by atoms with E-state index in [1.54, 1.807) is 0 Å². The Morgan fingerprint density at radius 1 is 1.47 bits per heavy atom. The molecule has 2 saturated heterocycles. The van der Waals surface area contributed by atoms with E-state index < -0.39 is 0 Å². The molecule has 0 aromatic carbocycles. The predicted octanol–water partition coefficient (Wildman–Crippen LogP) is 1.39. The third-order valence-corrected chi connectivity index (χ3v) is 4.14. The van der Waals surface area contributed by atoms with E-state index in [4.69, 9.17) is 0 Å². The van der Waals surface area contributed by atoms with Gasteiger partial charge in [0.05, 0.1) is 0 Å². The van der Waals surface area contributed by atoms with E-state index in [2.05, 4.69) is 24.1 Å². The van der Waals surface area contributed by atoms with E-state index in [9.17, 15) is 4.79 Å². The highest BCUT2D eigenvalue weighted by atomic mass is 16.2. The van der Waals surface area contributed by atoms with Crippen molar-refractivity contribution in [2.45, 2.75) is 45.6 Å². The highest BCUT2D eigenvalue weighted by Crippen LogP contribution is 2.40. The lowest BCUT2D eigenvalue weighted by Crippen LogP contribution is -2.40. The fraction of sp³-hybridized carbons (Fsp3) is 0.917. The van der Waals surface area contributed by atoms with Crippen LogP contribution in [-0.4, -0.2) is 36.5 Å². The summed E-state index contributed by atoms with van der Waals surface area (Å²) in [5.74, 6) is 0.381. The summed E-state index contributed by atoms with van der Waals surface area (Å²) in [7, 11) is 0. The zero-order chi connectivity index (χ0) is 10.9. The number of carbonyl (C=O) groups is 1. The summed E-state index contributed by atoms with van der Waals surface area (Å²) in [6.45, 7) is 7.50. The molecule has 1 unspecified atom stereocenters. The summed E-state index contributed by atoms with van der Waals surface area (Å²) in [5.41, 5.74) is 0.311. The van der Waals surface area contributed by atoms with Crippen molar-refractivity contribution >= 4 is 5.91 Å². The Morgan fingerprint density at radius 2 is 2.13 bits per heavy atom. The molecular weight excluding hydrogens is 188 g/mol. The minimum Gasteiger partial charge on any atom is -0.339 e. The first kappa shape index (κ1) is 10.9. The minimum atomic E-state index is 0.311. The van der Waals surface area contributed by atoms with Crippen LogP contribution in [0.1, 0.15) is 39.5 Å². The van der Waals surface area contributed by atoms with Crippen LogP contribution < -0.4 is 5.32 Å². The van der Waals surface area contributed by atoms with Gasteiger partial charge in [-0.25, -0.2) is 0 Å². The average Bonchev–Trinajstić information content (AvgIpc) is 2.55. The Morgan fingerprint density at radius 3 is 2.73 bits per heavy atom. The van der Waals surface area contributed by atoms with Crippen molar-refractivity contribution in [1.82, 2.24) is 10.2 Å². The first-order chi connectivity index (χ1) is 7.17. The van der Waals surface area contributed by atoms with Crippen molar-refractivity contribution in [1.29, 1.82) is 0 Å². The quantitative estimate of drug-likeness (QED) is 0.747. The highest BCUT2D eigenvalue weighted by molar-refractivity contribution is 5.79. The molecule has 2 aliphatic rings. The summed E-state index contributed by atoms with van der Waals surface area (Å²) < 4.78 is 0.